The van der Waals surface area contributed by atoms with E-state index < -0.39 is 77.3 Å². The summed E-state index contributed by atoms with van der Waals surface area (Å²) in [4.78, 5) is 77.6. The van der Waals surface area contributed by atoms with Crippen LogP contribution in [0.3, 0.4) is 0 Å². The summed E-state index contributed by atoms with van der Waals surface area (Å²) in [6.45, 7) is 4.29. The maximum atomic E-state index is 13.4. The van der Waals surface area contributed by atoms with Crippen molar-refractivity contribution in [1.82, 2.24) is 26.6 Å². The summed E-state index contributed by atoms with van der Waals surface area (Å²) >= 11 is 0. The molecule has 0 saturated heterocycles. The predicted octanol–water partition coefficient (Wildman–Crippen LogP) is 1.76. The summed E-state index contributed by atoms with van der Waals surface area (Å²) in [5.74, 6) is -3.67. The van der Waals surface area contributed by atoms with Gasteiger partial charge in [-0.25, -0.2) is 9.59 Å². The standard InChI is InChI=1S/C38H47N5O12S/c1-4-53-37(48)32(19-25(2)3)42-36(47)31(20-26-11-7-5-8-12-26)41-34(45)23-39-33(44)22-40-35(46)30(43-38(49)54-24-28-13-9-6-10-14-28)21-27-15-17-29(18-16-27)55-56(50,51)52/h5-18,25,30-32H,4,19-24H2,1-3H3,(H,39,44)(H,40,46)(H,41,45)(H,42,47)(H,43,49)(H,50,51,52)/t30-,31-,32-/m0/s1. The van der Waals surface area contributed by atoms with Crippen molar-refractivity contribution >= 4 is 46.1 Å². The van der Waals surface area contributed by atoms with E-state index >= 15 is 0 Å². The smallest absolute Gasteiger partial charge is 0.446 e. The van der Waals surface area contributed by atoms with E-state index in [0.29, 0.717) is 17.5 Å². The average molecular weight is 798 g/mol. The minimum absolute atomic E-state index is 0.0456. The molecule has 0 saturated carbocycles. The number of hydrogen-bond acceptors (Lipinski definition) is 11. The maximum Gasteiger partial charge on any atom is 0.446 e. The molecular weight excluding hydrogens is 751 g/mol. The first-order valence-corrected chi connectivity index (χ1v) is 19.1. The first-order chi connectivity index (χ1) is 26.6. The lowest BCUT2D eigenvalue weighted by atomic mass is 10.0. The first-order valence-electron chi connectivity index (χ1n) is 17.7. The van der Waals surface area contributed by atoms with E-state index in [2.05, 4.69) is 30.8 Å². The highest BCUT2D eigenvalue weighted by molar-refractivity contribution is 7.81. The fraction of sp³-hybridized carbons (Fsp3) is 0.368. The predicted molar refractivity (Wildman–Crippen MR) is 202 cm³/mol. The van der Waals surface area contributed by atoms with Crippen molar-refractivity contribution in [3.63, 3.8) is 0 Å². The van der Waals surface area contributed by atoms with Crippen LogP contribution in [0.2, 0.25) is 0 Å². The molecule has 3 aromatic rings. The lowest BCUT2D eigenvalue weighted by Gasteiger charge is -2.24. The number of carbonyl (C=O) groups is 6. The highest BCUT2D eigenvalue weighted by Crippen LogP contribution is 2.16. The molecule has 0 radical (unpaired) electrons. The number of alkyl carbamates (subject to hydrolysis) is 1. The highest BCUT2D eigenvalue weighted by Gasteiger charge is 2.29. The van der Waals surface area contributed by atoms with Crippen LogP contribution in [0.1, 0.15) is 43.9 Å². The Kier molecular flexibility index (Phi) is 17.7. The van der Waals surface area contributed by atoms with Crippen LogP contribution < -0.4 is 30.8 Å². The topological polar surface area (TPSA) is 245 Å². The van der Waals surface area contributed by atoms with Gasteiger partial charge in [-0.2, -0.15) is 8.42 Å². The molecule has 0 bridgehead atoms. The largest absolute Gasteiger partial charge is 0.464 e. The number of ether oxygens (including phenoxy) is 2. The molecule has 0 aliphatic heterocycles. The van der Waals surface area contributed by atoms with Gasteiger partial charge in [0.15, 0.2) is 0 Å². The molecule has 0 aliphatic carbocycles. The molecule has 3 rings (SSSR count). The molecule has 17 nitrogen and oxygen atoms in total. The van der Waals surface area contributed by atoms with Crippen molar-refractivity contribution in [3.05, 3.63) is 102 Å². The summed E-state index contributed by atoms with van der Waals surface area (Å²) in [6, 6.07) is 19.6. The van der Waals surface area contributed by atoms with Gasteiger partial charge in [-0.15, -0.1) is 0 Å². The van der Waals surface area contributed by atoms with Crippen LogP contribution in [0, 0.1) is 5.92 Å². The Balaban J connectivity index is 1.62. The van der Waals surface area contributed by atoms with E-state index in [1.54, 1.807) is 67.6 Å². The van der Waals surface area contributed by atoms with E-state index in [1.807, 2.05) is 13.8 Å². The third-order valence-corrected chi connectivity index (χ3v) is 8.19. The second-order valence-electron chi connectivity index (χ2n) is 12.9. The number of amides is 5. The van der Waals surface area contributed by atoms with Crippen molar-refractivity contribution < 1.29 is 55.4 Å². The molecule has 0 aliphatic rings. The van der Waals surface area contributed by atoms with Crippen LogP contribution in [0.15, 0.2) is 84.9 Å². The molecule has 302 valence electrons. The van der Waals surface area contributed by atoms with E-state index in [4.69, 9.17) is 14.0 Å². The van der Waals surface area contributed by atoms with Crippen LogP contribution >= 0.6 is 0 Å². The molecule has 0 unspecified atom stereocenters. The molecule has 0 fully saturated rings. The number of esters is 1. The van der Waals surface area contributed by atoms with Crippen molar-refractivity contribution in [3.8, 4) is 5.75 Å². The Morgan fingerprint density at radius 1 is 0.643 bits per heavy atom. The summed E-state index contributed by atoms with van der Waals surface area (Å²) in [5.41, 5.74) is 1.85. The van der Waals surface area contributed by atoms with Gasteiger partial charge in [0.05, 0.1) is 19.7 Å². The summed E-state index contributed by atoms with van der Waals surface area (Å²) in [6.07, 6.45) is -0.685. The van der Waals surface area contributed by atoms with Gasteiger partial charge in [-0.3, -0.25) is 23.7 Å². The zero-order valence-corrected chi connectivity index (χ0v) is 32.0. The normalized spacial score (nSPS) is 12.6. The molecule has 0 aromatic heterocycles. The third kappa shape index (κ3) is 17.0. The first kappa shape index (κ1) is 44.4. The van der Waals surface area contributed by atoms with E-state index in [0.717, 1.165) is 5.56 Å². The quantitative estimate of drug-likeness (QED) is 0.0667. The second kappa shape index (κ2) is 22.4. The van der Waals surface area contributed by atoms with Gasteiger partial charge in [-0.1, -0.05) is 86.6 Å². The monoisotopic (exact) mass is 797 g/mol. The highest BCUT2D eigenvalue weighted by atomic mass is 32.3. The Morgan fingerprint density at radius 3 is 1.77 bits per heavy atom. The lowest BCUT2D eigenvalue weighted by Crippen LogP contribution is -2.54. The van der Waals surface area contributed by atoms with Gasteiger partial charge >= 0.3 is 22.5 Å². The van der Waals surface area contributed by atoms with Gasteiger partial charge in [-0.05, 0) is 48.1 Å². The minimum atomic E-state index is -4.77. The van der Waals surface area contributed by atoms with Crippen LogP contribution in [0.5, 0.6) is 5.75 Å². The number of hydrogen-bond donors (Lipinski definition) is 6. The number of carbonyl (C=O) groups excluding carboxylic acids is 6. The Morgan fingerprint density at radius 2 is 1.20 bits per heavy atom. The Labute approximate surface area is 325 Å². The SMILES string of the molecule is CCOC(=O)[C@H](CC(C)C)NC(=O)[C@H](Cc1ccccc1)NC(=O)CNC(=O)CNC(=O)[C@H](Cc1ccc(OS(=O)(=O)O)cc1)NC(=O)OCc1ccccc1. The Hall–Kier alpha value is -6.01. The molecular formula is C38H47N5O12S. The number of rotatable bonds is 21. The molecule has 0 heterocycles. The zero-order valence-electron chi connectivity index (χ0n) is 31.2. The summed E-state index contributed by atoms with van der Waals surface area (Å²) < 4.78 is 45.7. The summed E-state index contributed by atoms with van der Waals surface area (Å²) in [7, 11) is -4.77. The second-order valence-corrected chi connectivity index (χ2v) is 13.9. The van der Waals surface area contributed by atoms with Gasteiger partial charge in [0, 0.05) is 12.8 Å². The molecule has 5 amide bonds. The van der Waals surface area contributed by atoms with Crippen molar-refractivity contribution in [2.45, 2.75) is 64.8 Å². The fourth-order valence-corrected chi connectivity index (χ4v) is 5.55. The minimum Gasteiger partial charge on any atom is -0.464 e. The van der Waals surface area contributed by atoms with Gasteiger partial charge in [0.25, 0.3) is 0 Å². The van der Waals surface area contributed by atoms with Crippen LogP contribution in [0.4, 0.5) is 4.79 Å². The summed E-state index contributed by atoms with van der Waals surface area (Å²) in [5, 5.41) is 12.5. The Bertz CT molecular complexity index is 1880. The molecule has 3 aromatic carbocycles. The van der Waals surface area contributed by atoms with Crippen LogP contribution in [0.25, 0.3) is 0 Å². The van der Waals surface area contributed by atoms with E-state index in [1.165, 1.54) is 24.3 Å². The van der Waals surface area contributed by atoms with E-state index in [-0.39, 0.29) is 37.7 Å². The average Bonchev–Trinajstić information content (AvgIpc) is 3.15. The van der Waals surface area contributed by atoms with Crippen molar-refractivity contribution in [2.24, 2.45) is 5.92 Å². The molecule has 0 spiro atoms. The molecule has 18 heteroatoms. The van der Waals surface area contributed by atoms with E-state index in [9.17, 15) is 37.2 Å². The van der Waals surface area contributed by atoms with Gasteiger partial charge < -0.3 is 40.2 Å². The third-order valence-electron chi connectivity index (χ3n) is 7.78. The van der Waals surface area contributed by atoms with Gasteiger partial charge in [0.2, 0.25) is 23.6 Å². The molecule has 6 N–H and O–H groups in total. The maximum absolute atomic E-state index is 13.4. The van der Waals surface area contributed by atoms with Crippen molar-refractivity contribution in [2.75, 3.05) is 19.7 Å². The molecule has 3 atom stereocenters. The number of benzene rings is 3. The number of nitrogens with one attached hydrogen (secondary N) is 5. The van der Waals surface area contributed by atoms with Gasteiger partial charge in [0.1, 0.15) is 30.5 Å². The zero-order chi connectivity index (χ0) is 41.1. The fourth-order valence-electron chi connectivity index (χ4n) is 5.19. The van der Waals surface area contributed by atoms with Crippen molar-refractivity contribution in [1.29, 1.82) is 0 Å². The molecule has 56 heavy (non-hydrogen) atoms. The van der Waals surface area contributed by atoms with Crippen LogP contribution in [-0.2, 0) is 63.3 Å². The van der Waals surface area contributed by atoms with Crippen LogP contribution in [-0.4, -0.2) is 86.5 Å². The lowest BCUT2D eigenvalue weighted by molar-refractivity contribution is -0.148.